The molecular formula is C26H24FN5O2S. The lowest BCUT2D eigenvalue weighted by molar-refractivity contribution is 0.383. The molecule has 3 heterocycles. The summed E-state index contributed by atoms with van der Waals surface area (Å²) in [5.41, 5.74) is 5.37. The topological polar surface area (TPSA) is 81.7 Å². The number of anilines is 1. The standard InChI is InChI=1S/C26H24FN5O2S/c27-18-9-11-19(12-10-18)35(33,34)31-15-13-30(14-16-31)26-21-6-2-1-5-20(21)22(17-28)25-29-23-7-3-4-8-24(23)32(25)26/h3-4,7-12H,1-2,5-6,13-16H2. The number of hydrogen-bond acceptors (Lipinski definition) is 5. The zero-order chi connectivity index (χ0) is 24.2. The average molecular weight is 490 g/mol. The van der Waals surface area contributed by atoms with Crippen molar-refractivity contribution in [2.75, 3.05) is 31.1 Å². The minimum atomic E-state index is -3.70. The number of nitriles is 1. The van der Waals surface area contributed by atoms with Crippen molar-refractivity contribution in [3.8, 4) is 6.07 Å². The van der Waals surface area contributed by atoms with Gasteiger partial charge in [-0.05, 0) is 73.2 Å². The van der Waals surface area contributed by atoms with Gasteiger partial charge in [0.15, 0.2) is 5.65 Å². The van der Waals surface area contributed by atoms with Crippen LogP contribution in [0.5, 0.6) is 0 Å². The number of imidazole rings is 1. The summed E-state index contributed by atoms with van der Waals surface area (Å²) in [6.45, 7) is 1.67. The number of aromatic nitrogens is 2. The monoisotopic (exact) mass is 489 g/mol. The second kappa shape index (κ2) is 8.33. The van der Waals surface area contributed by atoms with Gasteiger partial charge in [0.25, 0.3) is 0 Å². The van der Waals surface area contributed by atoms with Crippen LogP contribution in [0.15, 0.2) is 53.4 Å². The molecule has 0 atom stereocenters. The third-order valence-electron chi connectivity index (χ3n) is 7.14. The largest absolute Gasteiger partial charge is 0.355 e. The van der Waals surface area contributed by atoms with Crippen LogP contribution in [-0.4, -0.2) is 48.3 Å². The Bertz CT molecular complexity index is 1600. The van der Waals surface area contributed by atoms with Gasteiger partial charge in [-0.25, -0.2) is 17.8 Å². The summed E-state index contributed by atoms with van der Waals surface area (Å²) < 4.78 is 43.2. The maximum absolute atomic E-state index is 13.3. The molecule has 2 aromatic heterocycles. The van der Waals surface area contributed by atoms with Gasteiger partial charge in [0, 0.05) is 26.2 Å². The van der Waals surface area contributed by atoms with Gasteiger partial charge in [-0.2, -0.15) is 9.57 Å². The predicted molar refractivity (Wildman–Crippen MR) is 131 cm³/mol. The van der Waals surface area contributed by atoms with Crippen LogP contribution in [0.25, 0.3) is 16.7 Å². The summed E-state index contributed by atoms with van der Waals surface area (Å²) in [6, 6.07) is 15.3. The molecule has 0 saturated carbocycles. The molecule has 6 rings (SSSR count). The first-order valence-electron chi connectivity index (χ1n) is 11.8. The molecule has 178 valence electrons. The van der Waals surface area contributed by atoms with Gasteiger partial charge in [-0.3, -0.25) is 4.40 Å². The highest BCUT2D eigenvalue weighted by atomic mass is 32.2. The van der Waals surface area contributed by atoms with Gasteiger partial charge >= 0.3 is 0 Å². The van der Waals surface area contributed by atoms with Crippen molar-refractivity contribution in [2.45, 2.75) is 30.6 Å². The molecule has 35 heavy (non-hydrogen) atoms. The Hall–Kier alpha value is -3.48. The van der Waals surface area contributed by atoms with E-state index < -0.39 is 15.8 Å². The van der Waals surface area contributed by atoms with Crippen LogP contribution in [0.1, 0.15) is 29.5 Å². The van der Waals surface area contributed by atoms with Crippen molar-refractivity contribution in [3.63, 3.8) is 0 Å². The minimum Gasteiger partial charge on any atom is -0.355 e. The van der Waals surface area contributed by atoms with Crippen molar-refractivity contribution >= 4 is 32.5 Å². The summed E-state index contributed by atoms with van der Waals surface area (Å²) >= 11 is 0. The Labute approximate surface area is 203 Å². The van der Waals surface area contributed by atoms with Crippen molar-refractivity contribution < 1.29 is 12.8 Å². The van der Waals surface area contributed by atoms with Crippen LogP contribution in [-0.2, 0) is 22.9 Å². The first-order chi connectivity index (χ1) is 17.0. The van der Waals surface area contributed by atoms with Crippen LogP contribution >= 0.6 is 0 Å². The van der Waals surface area contributed by atoms with E-state index in [0.717, 1.165) is 48.1 Å². The minimum absolute atomic E-state index is 0.103. The van der Waals surface area contributed by atoms with E-state index in [2.05, 4.69) is 15.4 Å². The number of halogens is 1. The van der Waals surface area contributed by atoms with Gasteiger partial charge in [0.2, 0.25) is 10.0 Å². The van der Waals surface area contributed by atoms with Crippen molar-refractivity contribution in [2.24, 2.45) is 0 Å². The smallest absolute Gasteiger partial charge is 0.243 e. The number of nitrogens with zero attached hydrogens (tertiary/aromatic N) is 5. The number of fused-ring (bicyclic) bond motifs is 4. The highest BCUT2D eigenvalue weighted by Gasteiger charge is 2.32. The molecule has 0 N–H and O–H groups in total. The van der Waals surface area contributed by atoms with E-state index in [9.17, 15) is 18.1 Å². The van der Waals surface area contributed by atoms with Crippen molar-refractivity contribution in [3.05, 3.63) is 71.0 Å². The quantitative estimate of drug-likeness (QED) is 0.436. The summed E-state index contributed by atoms with van der Waals surface area (Å²) in [5, 5.41) is 10.1. The van der Waals surface area contributed by atoms with Gasteiger partial charge in [-0.15, -0.1) is 0 Å². The molecule has 0 spiro atoms. The zero-order valence-electron chi connectivity index (χ0n) is 19.1. The fourth-order valence-electron chi connectivity index (χ4n) is 5.45. The highest BCUT2D eigenvalue weighted by molar-refractivity contribution is 7.89. The molecule has 0 unspecified atom stereocenters. The number of sulfonamides is 1. The van der Waals surface area contributed by atoms with Crippen molar-refractivity contribution in [1.82, 2.24) is 13.7 Å². The Morgan fingerprint density at radius 3 is 2.31 bits per heavy atom. The van der Waals surface area contributed by atoms with Crippen LogP contribution in [0, 0.1) is 17.1 Å². The van der Waals surface area contributed by atoms with Crippen LogP contribution in [0.2, 0.25) is 0 Å². The summed E-state index contributed by atoms with van der Waals surface area (Å²) in [5.74, 6) is 0.567. The number of rotatable bonds is 3. The average Bonchev–Trinajstić information content (AvgIpc) is 3.26. The molecule has 9 heteroatoms. The van der Waals surface area contributed by atoms with E-state index in [4.69, 9.17) is 4.98 Å². The fraction of sp³-hybridized carbons (Fsp3) is 0.308. The van der Waals surface area contributed by atoms with E-state index in [1.165, 1.54) is 34.1 Å². The molecule has 4 aromatic rings. The van der Waals surface area contributed by atoms with Gasteiger partial charge in [0.1, 0.15) is 17.7 Å². The van der Waals surface area contributed by atoms with E-state index >= 15 is 0 Å². The molecule has 7 nitrogen and oxygen atoms in total. The van der Waals surface area contributed by atoms with E-state index in [0.29, 0.717) is 37.4 Å². The van der Waals surface area contributed by atoms with Crippen molar-refractivity contribution in [1.29, 1.82) is 5.26 Å². The fourth-order valence-corrected chi connectivity index (χ4v) is 6.87. The molecule has 0 amide bonds. The lowest BCUT2D eigenvalue weighted by Gasteiger charge is -2.37. The second-order valence-electron chi connectivity index (χ2n) is 9.08. The molecule has 0 radical (unpaired) electrons. The Balaban J connectivity index is 1.43. The number of hydrogen-bond donors (Lipinski definition) is 0. The van der Waals surface area contributed by atoms with E-state index in [1.807, 2.05) is 24.3 Å². The van der Waals surface area contributed by atoms with Crippen LogP contribution in [0.3, 0.4) is 0 Å². The first kappa shape index (κ1) is 22.0. The molecule has 1 fully saturated rings. The van der Waals surface area contributed by atoms with E-state index in [1.54, 1.807) is 0 Å². The number of benzene rings is 2. The molecule has 0 bridgehead atoms. The summed E-state index contributed by atoms with van der Waals surface area (Å²) in [7, 11) is -3.70. The number of piperazine rings is 1. The maximum atomic E-state index is 13.3. The highest BCUT2D eigenvalue weighted by Crippen LogP contribution is 2.38. The summed E-state index contributed by atoms with van der Waals surface area (Å²) in [6.07, 6.45) is 3.84. The van der Waals surface area contributed by atoms with Gasteiger partial charge in [-0.1, -0.05) is 12.1 Å². The SMILES string of the molecule is N#Cc1c2c(c(N3CCN(S(=O)(=O)c4ccc(F)cc4)CC3)n3c1nc1ccccc13)CCCC2. The molecular weight excluding hydrogens is 465 g/mol. The lowest BCUT2D eigenvalue weighted by Crippen LogP contribution is -2.49. The predicted octanol–water partition coefficient (Wildman–Crippen LogP) is 3.89. The van der Waals surface area contributed by atoms with Gasteiger partial charge < -0.3 is 4.90 Å². The summed E-state index contributed by atoms with van der Waals surface area (Å²) in [4.78, 5) is 7.17. The number of pyridine rings is 1. The first-order valence-corrected chi connectivity index (χ1v) is 13.3. The third kappa shape index (κ3) is 3.48. The molecule has 1 saturated heterocycles. The molecule has 2 aliphatic rings. The molecule has 1 aliphatic heterocycles. The third-order valence-corrected chi connectivity index (χ3v) is 9.05. The Morgan fingerprint density at radius 2 is 1.60 bits per heavy atom. The van der Waals surface area contributed by atoms with Gasteiger partial charge in [0.05, 0.1) is 21.5 Å². The molecule has 2 aromatic carbocycles. The second-order valence-corrected chi connectivity index (χ2v) is 11.0. The Kier molecular flexibility index (Phi) is 5.24. The number of para-hydroxylation sites is 2. The van der Waals surface area contributed by atoms with Crippen LogP contribution < -0.4 is 4.90 Å². The maximum Gasteiger partial charge on any atom is 0.243 e. The lowest BCUT2D eigenvalue weighted by atomic mass is 9.88. The zero-order valence-corrected chi connectivity index (χ0v) is 19.9. The van der Waals surface area contributed by atoms with E-state index in [-0.39, 0.29) is 4.90 Å². The Morgan fingerprint density at radius 1 is 0.914 bits per heavy atom. The normalized spacial score (nSPS) is 17.0. The van der Waals surface area contributed by atoms with Crippen LogP contribution in [0.4, 0.5) is 10.2 Å². The molecule has 1 aliphatic carbocycles.